The number of furan rings is 1. The maximum absolute atomic E-state index is 13.4. The van der Waals surface area contributed by atoms with E-state index in [0.29, 0.717) is 25.3 Å². The van der Waals surface area contributed by atoms with Crippen LogP contribution in [0.4, 0.5) is 0 Å². The summed E-state index contributed by atoms with van der Waals surface area (Å²) >= 11 is 1.54. The van der Waals surface area contributed by atoms with Gasteiger partial charge in [-0.1, -0.05) is 25.0 Å². The van der Waals surface area contributed by atoms with E-state index in [9.17, 15) is 19.8 Å². The van der Waals surface area contributed by atoms with Gasteiger partial charge in [-0.3, -0.25) is 14.5 Å². The summed E-state index contributed by atoms with van der Waals surface area (Å²) in [7, 11) is 0. The molecule has 8 heteroatoms. The van der Waals surface area contributed by atoms with Crippen molar-refractivity contribution >= 4 is 29.2 Å². The van der Waals surface area contributed by atoms with Crippen LogP contribution in [0.2, 0.25) is 0 Å². The van der Waals surface area contributed by atoms with E-state index in [1.165, 1.54) is 10.5 Å². The molecule has 1 aliphatic carbocycles. The lowest BCUT2D eigenvalue weighted by Crippen LogP contribution is -2.34. The normalized spacial score (nSPS) is 26.2. The van der Waals surface area contributed by atoms with Crippen molar-refractivity contribution in [1.82, 2.24) is 4.90 Å². The number of carbonyl (C=O) groups is 2. The minimum atomic E-state index is -0.411. The second-order valence-electron chi connectivity index (χ2n) is 9.88. The van der Waals surface area contributed by atoms with Crippen LogP contribution in [0.15, 0.2) is 50.8 Å². The summed E-state index contributed by atoms with van der Waals surface area (Å²) in [4.78, 5) is 29.1. The fourth-order valence-electron chi connectivity index (χ4n) is 6.06. The van der Waals surface area contributed by atoms with Gasteiger partial charge in [0.1, 0.15) is 18.1 Å². The van der Waals surface area contributed by atoms with Crippen LogP contribution in [0, 0.1) is 17.8 Å². The Morgan fingerprint density at radius 1 is 1.14 bits per heavy atom. The van der Waals surface area contributed by atoms with Crippen molar-refractivity contribution in [2.45, 2.75) is 58.3 Å². The molecule has 36 heavy (non-hydrogen) atoms. The number of hydrogen-bond donors (Lipinski definition) is 2. The zero-order valence-electron chi connectivity index (χ0n) is 20.5. The van der Waals surface area contributed by atoms with Crippen LogP contribution in [-0.2, 0) is 27.5 Å². The fraction of sp³-hybridized carbons (Fsp3) is 0.500. The molecule has 0 saturated carbocycles. The predicted molar refractivity (Wildman–Crippen MR) is 136 cm³/mol. The number of hydrogen-bond acceptors (Lipinski definition) is 7. The molecule has 2 N–H and O–H groups in total. The summed E-state index contributed by atoms with van der Waals surface area (Å²) in [6.07, 6.45) is 5.76. The SMILES string of the molecule is CCC/C(=C\c1ccc(CO)o1)CC[C@H]1OC[C@H]2C1=C(CO)C[C@H]1C(=O)N(Cc3cccs3)C(=O)[C@H]12. The second kappa shape index (κ2) is 10.8. The molecular weight excluding hydrogens is 478 g/mol. The Balaban J connectivity index is 1.33. The molecule has 2 aromatic rings. The first kappa shape index (κ1) is 25.1. The van der Waals surface area contributed by atoms with E-state index in [1.54, 1.807) is 17.4 Å². The van der Waals surface area contributed by atoms with Crippen LogP contribution < -0.4 is 0 Å². The Kier molecular flexibility index (Phi) is 7.57. The Morgan fingerprint density at radius 2 is 2.00 bits per heavy atom. The Labute approximate surface area is 215 Å². The van der Waals surface area contributed by atoms with Crippen LogP contribution in [0.1, 0.15) is 55.4 Å². The van der Waals surface area contributed by atoms with Crippen LogP contribution in [-0.4, -0.2) is 46.2 Å². The van der Waals surface area contributed by atoms with Gasteiger partial charge in [0.2, 0.25) is 11.8 Å². The summed E-state index contributed by atoms with van der Waals surface area (Å²) in [6, 6.07) is 7.51. The average Bonchev–Trinajstić information content (AvgIpc) is 3.68. The largest absolute Gasteiger partial charge is 0.459 e. The zero-order chi connectivity index (χ0) is 25.2. The van der Waals surface area contributed by atoms with Crippen molar-refractivity contribution in [2.24, 2.45) is 17.8 Å². The summed E-state index contributed by atoms with van der Waals surface area (Å²) in [5, 5.41) is 21.4. The number of rotatable bonds is 10. The van der Waals surface area contributed by atoms with E-state index in [2.05, 4.69) is 6.92 Å². The van der Waals surface area contributed by atoms with Crippen LogP contribution in [0.3, 0.4) is 0 Å². The number of nitrogens with zero attached hydrogens (tertiary/aromatic N) is 1. The molecule has 2 aliphatic heterocycles. The van der Waals surface area contributed by atoms with Crippen molar-refractivity contribution in [3.63, 3.8) is 0 Å². The van der Waals surface area contributed by atoms with Gasteiger partial charge in [-0.2, -0.15) is 0 Å². The molecule has 192 valence electrons. The molecule has 4 heterocycles. The molecule has 0 bridgehead atoms. The van der Waals surface area contributed by atoms with Crippen molar-refractivity contribution < 1.29 is 29.0 Å². The maximum Gasteiger partial charge on any atom is 0.234 e. The highest BCUT2D eigenvalue weighted by Gasteiger charge is 2.56. The Bertz CT molecular complexity index is 1160. The minimum Gasteiger partial charge on any atom is -0.459 e. The lowest BCUT2D eigenvalue weighted by molar-refractivity contribution is -0.140. The highest BCUT2D eigenvalue weighted by molar-refractivity contribution is 7.09. The molecule has 0 radical (unpaired) electrons. The van der Waals surface area contributed by atoms with E-state index in [4.69, 9.17) is 9.15 Å². The molecule has 4 atom stereocenters. The van der Waals surface area contributed by atoms with Gasteiger partial charge in [-0.25, -0.2) is 0 Å². The third-order valence-corrected chi connectivity index (χ3v) is 8.53. The molecule has 2 amide bonds. The van der Waals surface area contributed by atoms with Gasteiger partial charge in [-0.15, -0.1) is 11.3 Å². The summed E-state index contributed by atoms with van der Waals surface area (Å²) < 4.78 is 11.9. The smallest absolute Gasteiger partial charge is 0.234 e. The van der Waals surface area contributed by atoms with Gasteiger partial charge in [-0.05, 0) is 66.5 Å². The number of aliphatic hydroxyl groups is 2. The number of ether oxygens (including phenoxy) is 1. The third-order valence-electron chi connectivity index (χ3n) is 7.67. The number of carbonyl (C=O) groups excluding carboxylic acids is 2. The van der Waals surface area contributed by atoms with E-state index < -0.39 is 11.8 Å². The predicted octanol–water partition coefficient (Wildman–Crippen LogP) is 4.31. The quantitative estimate of drug-likeness (QED) is 0.364. The van der Waals surface area contributed by atoms with Crippen molar-refractivity contribution in [3.8, 4) is 0 Å². The first-order valence-electron chi connectivity index (χ1n) is 12.7. The molecule has 5 rings (SSSR count). The topological polar surface area (TPSA) is 100 Å². The first-order valence-corrected chi connectivity index (χ1v) is 13.6. The van der Waals surface area contributed by atoms with Gasteiger partial charge in [0, 0.05) is 10.8 Å². The molecule has 0 unspecified atom stereocenters. The molecule has 2 aromatic heterocycles. The van der Waals surface area contributed by atoms with Gasteiger partial charge in [0.05, 0.1) is 37.7 Å². The van der Waals surface area contributed by atoms with E-state index >= 15 is 0 Å². The number of fused-ring (bicyclic) bond motifs is 3. The summed E-state index contributed by atoms with van der Waals surface area (Å²) in [5.41, 5.74) is 3.13. The molecule has 7 nitrogen and oxygen atoms in total. The Morgan fingerprint density at radius 3 is 2.69 bits per heavy atom. The summed E-state index contributed by atoms with van der Waals surface area (Å²) in [6.45, 7) is 2.62. The highest BCUT2D eigenvalue weighted by atomic mass is 32.1. The highest BCUT2D eigenvalue weighted by Crippen LogP contribution is 2.50. The number of amides is 2. The van der Waals surface area contributed by atoms with Crippen molar-refractivity contribution in [2.75, 3.05) is 13.2 Å². The van der Waals surface area contributed by atoms with Crippen molar-refractivity contribution in [1.29, 1.82) is 0 Å². The monoisotopic (exact) mass is 511 g/mol. The number of imide groups is 1. The number of likely N-dealkylation sites (tertiary alicyclic amines) is 1. The molecule has 0 aromatic carbocycles. The van der Waals surface area contributed by atoms with Gasteiger partial charge in [0.25, 0.3) is 0 Å². The molecule has 3 aliphatic rings. The maximum atomic E-state index is 13.4. The molecule has 0 spiro atoms. The number of aliphatic hydroxyl groups excluding tert-OH is 2. The standard InChI is InChI=1S/C28H33NO6S/c1-2-4-17(11-19-7-8-20(15-31)35-19)6-9-24-25-18(14-30)12-22-26(23(25)16-34-24)28(33)29(27(22)32)13-21-5-3-10-36-21/h3,5,7-8,10-11,22-24,26,30-31H,2,4,6,9,12-16H2,1H3/b17-11+/t22-,23+,24-,26-/m1/s1. The molecule has 2 saturated heterocycles. The van der Waals surface area contributed by atoms with Gasteiger partial charge < -0.3 is 19.4 Å². The van der Waals surface area contributed by atoms with E-state index in [1.807, 2.05) is 29.7 Å². The van der Waals surface area contributed by atoms with Gasteiger partial charge in [0.15, 0.2) is 0 Å². The Hall–Kier alpha value is -2.52. The lowest BCUT2D eigenvalue weighted by atomic mass is 9.69. The van der Waals surface area contributed by atoms with E-state index in [-0.39, 0.29) is 37.0 Å². The average molecular weight is 512 g/mol. The fourth-order valence-corrected chi connectivity index (χ4v) is 6.76. The second-order valence-corrected chi connectivity index (χ2v) is 10.9. The molecular formula is C28H33NO6S. The van der Waals surface area contributed by atoms with Crippen LogP contribution in [0.25, 0.3) is 6.08 Å². The van der Waals surface area contributed by atoms with E-state index in [0.717, 1.165) is 47.5 Å². The van der Waals surface area contributed by atoms with Gasteiger partial charge >= 0.3 is 0 Å². The minimum absolute atomic E-state index is 0.105. The molecule has 2 fully saturated rings. The number of allylic oxidation sites excluding steroid dienone is 1. The van der Waals surface area contributed by atoms with Crippen LogP contribution >= 0.6 is 11.3 Å². The lowest BCUT2D eigenvalue weighted by Gasteiger charge is -2.31. The van der Waals surface area contributed by atoms with Crippen LogP contribution in [0.5, 0.6) is 0 Å². The first-order chi connectivity index (χ1) is 17.5. The third kappa shape index (κ3) is 4.75. The zero-order valence-corrected chi connectivity index (χ0v) is 21.3. The number of thiophene rings is 1. The van der Waals surface area contributed by atoms with Crippen molar-refractivity contribution in [3.05, 3.63) is 62.8 Å². The summed E-state index contributed by atoms with van der Waals surface area (Å²) in [5.74, 6) is 0.0645.